The van der Waals surface area contributed by atoms with Crippen molar-refractivity contribution in [1.82, 2.24) is 9.55 Å². The molecule has 178 valence electrons. The van der Waals surface area contributed by atoms with Gasteiger partial charge in [0.2, 0.25) is 11.7 Å². The quantitative estimate of drug-likeness (QED) is 0.278. The number of aliphatic hydroxyl groups is 1. The van der Waals surface area contributed by atoms with E-state index in [1.807, 2.05) is 0 Å². The Morgan fingerprint density at radius 1 is 1.14 bits per heavy atom. The Morgan fingerprint density at radius 2 is 1.91 bits per heavy atom. The van der Waals surface area contributed by atoms with Crippen LogP contribution in [0.1, 0.15) is 21.9 Å². The van der Waals surface area contributed by atoms with Crippen LogP contribution in [0.5, 0.6) is 17.4 Å². The van der Waals surface area contributed by atoms with Gasteiger partial charge in [-0.15, -0.1) is 0 Å². The molecule has 0 aliphatic heterocycles. The maximum atomic E-state index is 13.8. The van der Waals surface area contributed by atoms with Gasteiger partial charge in [-0.3, -0.25) is 9.36 Å². The molecule has 0 amide bonds. The van der Waals surface area contributed by atoms with E-state index in [2.05, 4.69) is 4.98 Å². The summed E-state index contributed by atoms with van der Waals surface area (Å²) in [7, 11) is 0. The molecule has 5 rings (SSSR count). The van der Waals surface area contributed by atoms with Crippen LogP contribution in [0.15, 0.2) is 59.0 Å². The highest BCUT2D eigenvalue weighted by Crippen LogP contribution is 2.45. The van der Waals surface area contributed by atoms with Crippen LogP contribution in [0.4, 0.5) is 4.39 Å². The minimum Gasteiger partial charge on any atom is -0.503 e. The Morgan fingerprint density at radius 3 is 2.60 bits per heavy atom. The molecule has 2 aromatic carbocycles. The molecule has 5 aromatic rings. The number of furan rings is 1. The van der Waals surface area contributed by atoms with Crippen molar-refractivity contribution in [3.63, 3.8) is 0 Å². The number of ether oxygens (including phenoxy) is 1. The molecule has 8 nitrogen and oxygen atoms in total. The summed E-state index contributed by atoms with van der Waals surface area (Å²) in [6.07, 6.45) is 0. The van der Waals surface area contributed by atoms with Crippen molar-refractivity contribution in [2.24, 2.45) is 0 Å². The zero-order valence-corrected chi connectivity index (χ0v) is 19.2. The van der Waals surface area contributed by atoms with Crippen LogP contribution >= 0.6 is 11.3 Å². The Hall–Kier alpha value is -4.15. The fourth-order valence-corrected chi connectivity index (χ4v) is 4.76. The number of aryl methyl sites for hydroxylation is 1. The van der Waals surface area contributed by atoms with Gasteiger partial charge >= 0.3 is 0 Å². The normalized spacial score (nSPS) is 11.3. The van der Waals surface area contributed by atoms with E-state index in [4.69, 9.17) is 14.3 Å². The van der Waals surface area contributed by atoms with E-state index in [1.54, 1.807) is 37.3 Å². The lowest BCUT2D eigenvalue weighted by Gasteiger charge is -2.10. The summed E-state index contributed by atoms with van der Waals surface area (Å²) in [5.41, 5.74) is 0.958. The average molecular weight is 495 g/mol. The Bertz CT molecular complexity index is 1550. The summed E-state index contributed by atoms with van der Waals surface area (Å²) in [5, 5.41) is 31.0. The van der Waals surface area contributed by atoms with Gasteiger partial charge in [-0.2, -0.15) is 0 Å². The van der Waals surface area contributed by atoms with Crippen LogP contribution < -0.4 is 4.74 Å². The van der Waals surface area contributed by atoms with Crippen molar-refractivity contribution in [3.05, 3.63) is 77.5 Å². The van der Waals surface area contributed by atoms with Gasteiger partial charge in [0.05, 0.1) is 28.1 Å². The molecule has 0 spiro atoms. The van der Waals surface area contributed by atoms with Gasteiger partial charge in [0, 0.05) is 0 Å². The fraction of sp³-hybridized carbons (Fsp3) is 0.120. The lowest BCUT2D eigenvalue weighted by atomic mass is 10.0. The number of nitrogens with zero attached hydrogens (tertiary/aromatic N) is 2. The van der Waals surface area contributed by atoms with Crippen molar-refractivity contribution in [2.75, 3.05) is 13.2 Å². The van der Waals surface area contributed by atoms with Crippen molar-refractivity contribution >= 4 is 27.3 Å². The second-order valence-corrected chi connectivity index (χ2v) is 8.68. The molecule has 0 fully saturated rings. The molecular weight excluding hydrogens is 475 g/mol. The minimum atomic E-state index is -0.634. The monoisotopic (exact) mass is 494 g/mol. The van der Waals surface area contributed by atoms with Gasteiger partial charge in [0.25, 0.3) is 0 Å². The fourth-order valence-electron chi connectivity index (χ4n) is 3.76. The highest BCUT2D eigenvalue weighted by Gasteiger charge is 2.32. The van der Waals surface area contributed by atoms with Crippen molar-refractivity contribution in [1.29, 1.82) is 0 Å². The number of halogens is 1. The summed E-state index contributed by atoms with van der Waals surface area (Å²) in [4.78, 5) is 17.9. The molecule has 3 heterocycles. The zero-order valence-electron chi connectivity index (χ0n) is 18.4. The minimum absolute atomic E-state index is 0.00882. The van der Waals surface area contributed by atoms with E-state index in [-0.39, 0.29) is 35.4 Å². The molecule has 3 N–H and O–H groups in total. The van der Waals surface area contributed by atoms with E-state index < -0.39 is 23.2 Å². The van der Waals surface area contributed by atoms with Crippen LogP contribution in [-0.2, 0) is 0 Å². The maximum Gasteiger partial charge on any atom is 0.242 e. The molecule has 3 aromatic heterocycles. The van der Waals surface area contributed by atoms with Crippen molar-refractivity contribution in [2.45, 2.75) is 6.92 Å². The molecule has 0 unspecified atom stereocenters. The van der Waals surface area contributed by atoms with Crippen LogP contribution in [0, 0.1) is 12.7 Å². The number of rotatable bonds is 7. The highest BCUT2D eigenvalue weighted by molar-refractivity contribution is 7.20. The number of ketones is 1. The zero-order chi connectivity index (χ0) is 24.7. The molecule has 0 aliphatic rings. The Labute approximate surface area is 202 Å². The van der Waals surface area contributed by atoms with Gasteiger partial charge in [-0.1, -0.05) is 11.3 Å². The Balaban J connectivity index is 1.73. The summed E-state index contributed by atoms with van der Waals surface area (Å²) < 4.78 is 26.4. The predicted molar refractivity (Wildman–Crippen MR) is 127 cm³/mol. The molecule has 0 aliphatic carbocycles. The number of hydrogen-bond donors (Lipinski definition) is 3. The first kappa shape index (κ1) is 22.6. The van der Waals surface area contributed by atoms with Gasteiger partial charge in [0.1, 0.15) is 23.9 Å². The SMILES string of the molecule is Cc1ccc(C(=O)c2c(O)c(O)n(-c3nc4ccc(F)cc4s3)c2-c2ccc(OCCO)cc2)o1. The lowest BCUT2D eigenvalue weighted by Crippen LogP contribution is -2.04. The molecule has 0 saturated carbocycles. The maximum absolute atomic E-state index is 13.8. The van der Waals surface area contributed by atoms with Crippen LogP contribution in [0.2, 0.25) is 0 Å². The summed E-state index contributed by atoms with van der Waals surface area (Å²) in [5.74, 6) is -1.30. The number of carbonyl (C=O) groups excluding carboxylic acids is 1. The number of hydrogen-bond acceptors (Lipinski definition) is 8. The predicted octanol–water partition coefficient (Wildman–Crippen LogP) is 4.81. The second-order valence-electron chi connectivity index (χ2n) is 7.68. The van der Waals surface area contributed by atoms with E-state index in [9.17, 15) is 19.4 Å². The first-order valence-electron chi connectivity index (χ1n) is 10.6. The third-order valence-corrected chi connectivity index (χ3v) is 6.33. The second kappa shape index (κ2) is 8.90. The number of aromatic nitrogens is 2. The van der Waals surface area contributed by atoms with Crippen LogP contribution in [-0.4, -0.2) is 43.9 Å². The van der Waals surface area contributed by atoms with Gasteiger partial charge in [0.15, 0.2) is 16.6 Å². The molecule has 0 saturated heterocycles. The topological polar surface area (TPSA) is 118 Å². The van der Waals surface area contributed by atoms with Crippen LogP contribution in [0.25, 0.3) is 26.6 Å². The lowest BCUT2D eigenvalue weighted by molar-refractivity contribution is 0.101. The van der Waals surface area contributed by atoms with E-state index in [0.29, 0.717) is 27.3 Å². The molecule has 0 radical (unpaired) electrons. The average Bonchev–Trinajstić information content (AvgIpc) is 3.53. The van der Waals surface area contributed by atoms with E-state index in [1.165, 1.54) is 28.8 Å². The number of aromatic hydroxyl groups is 2. The van der Waals surface area contributed by atoms with Gasteiger partial charge in [-0.25, -0.2) is 9.37 Å². The molecule has 35 heavy (non-hydrogen) atoms. The third-order valence-electron chi connectivity index (χ3n) is 5.33. The van der Waals surface area contributed by atoms with E-state index in [0.717, 1.165) is 11.3 Å². The number of benzene rings is 2. The summed E-state index contributed by atoms with van der Waals surface area (Å²) >= 11 is 1.09. The third kappa shape index (κ3) is 4.02. The standard InChI is InChI=1S/C25H19FN2O6S/c1-13-2-9-18(34-13)22(30)20-21(14-3-6-16(7-4-14)33-11-10-29)28(24(32)23(20)31)25-27-17-8-5-15(26)12-19(17)35-25/h2-9,12,29,31-32H,10-11H2,1H3. The van der Waals surface area contributed by atoms with E-state index >= 15 is 0 Å². The summed E-state index contributed by atoms with van der Waals surface area (Å²) in [6.45, 7) is 1.65. The largest absolute Gasteiger partial charge is 0.503 e. The number of thiazole rings is 1. The molecule has 0 bridgehead atoms. The molecular formula is C25H19FN2O6S. The summed E-state index contributed by atoms with van der Waals surface area (Å²) in [6, 6.07) is 13.8. The number of aliphatic hydroxyl groups excluding tert-OH is 1. The number of fused-ring (bicyclic) bond motifs is 1. The Kier molecular flexibility index (Phi) is 5.75. The van der Waals surface area contributed by atoms with Crippen LogP contribution in [0.3, 0.4) is 0 Å². The van der Waals surface area contributed by atoms with Crippen molar-refractivity contribution < 1.29 is 33.7 Å². The first-order chi connectivity index (χ1) is 16.9. The smallest absolute Gasteiger partial charge is 0.242 e. The number of carbonyl (C=O) groups is 1. The highest BCUT2D eigenvalue weighted by atomic mass is 32.1. The van der Waals surface area contributed by atoms with Gasteiger partial charge < -0.3 is 24.5 Å². The molecule has 0 atom stereocenters. The van der Waals surface area contributed by atoms with Crippen molar-refractivity contribution in [3.8, 4) is 33.8 Å². The molecule has 10 heteroatoms. The van der Waals surface area contributed by atoms with Gasteiger partial charge in [-0.05, 0) is 67.1 Å². The first-order valence-corrected chi connectivity index (χ1v) is 11.4.